The number of azide groups is 1. The molecule has 0 saturated heterocycles. The highest BCUT2D eigenvalue weighted by atomic mass is 15.1. The fourth-order valence-corrected chi connectivity index (χ4v) is 2.16. The van der Waals surface area contributed by atoms with Gasteiger partial charge in [-0.15, -0.1) is 0 Å². The van der Waals surface area contributed by atoms with Crippen LogP contribution in [0.5, 0.6) is 0 Å². The van der Waals surface area contributed by atoms with Gasteiger partial charge in [-0.2, -0.15) is 0 Å². The van der Waals surface area contributed by atoms with E-state index in [1.165, 1.54) is 10.8 Å². The fraction of sp³-hybridized carbons (Fsp3) is 0. The zero-order valence-electron chi connectivity index (χ0n) is 9.04. The number of hydrogen-bond donors (Lipinski definition) is 0. The van der Waals surface area contributed by atoms with Crippen molar-refractivity contribution in [2.24, 2.45) is 5.11 Å². The van der Waals surface area contributed by atoms with Gasteiger partial charge >= 0.3 is 0 Å². The average Bonchev–Trinajstić information content (AvgIpc) is 2.39. The zero-order chi connectivity index (χ0) is 11.7. The largest absolute Gasteiger partial charge is 0.0616 e. The lowest BCUT2D eigenvalue weighted by Gasteiger charge is -2.05. The van der Waals surface area contributed by atoms with Gasteiger partial charge in [0.2, 0.25) is 0 Å². The lowest BCUT2D eigenvalue weighted by Crippen LogP contribution is -1.77. The molecule has 0 heterocycles. The van der Waals surface area contributed by atoms with Crippen molar-refractivity contribution in [1.29, 1.82) is 0 Å². The van der Waals surface area contributed by atoms with Crippen LogP contribution in [0.4, 0.5) is 5.69 Å². The van der Waals surface area contributed by atoms with E-state index < -0.39 is 0 Å². The van der Waals surface area contributed by atoms with E-state index in [0.29, 0.717) is 5.69 Å². The Bertz CT molecular complexity index is 756. The molecular formula is C14H9N3. The normalized spacial score (nSPS) is 10.4. The van der Waals surface area contributed by atoms with Crippen LogP contribution in [0.15, 0.2) is 59.7 Å². The monoisotopic (exact) mass is 219 g/mol. The van der Waals surface area contributed by atoms with Crippen LogP contribution >= 0.6 is 0 Å². The van der Waals surface area contributed by atoms with Gasteiger partial charge in [0, 0.05) is 10.6 Å². The molecule has 3 aromatic rings. The first-order valence-electron chi connectivity index (χ1n) is 5.36. The van der Waals surface area contributed by atoms with E-state index in [1.807, 2.05) is 42.5 Å². The second kappa shape index (κ2) is 3.81. The van der Waals surface area contributed by atoms with Gasteiger partial charge in [-0.1, -0.05) is 59.7 Å². The summed E-state index contributed by atoms with van der Waals surface area (Å²) in [6, 6.07) is 18.0. The Morgan fingerprint density at radius 1 is 0.765 bits per heavy atom. The summed E-state index contributed by atoms with van der Waals surface area (Å²) in [6.07, 6.45) is 0. The molecule has 0 unspecified atom stereocenters. The van der Waals surface area contributed by atoms with Crippen molar-refractivity contribution >= 4 is 27.2 Å². The van der Waals surface area contributed by atoms with Crippen LogP contribution in [-0.2, 0) is 0 Å². The number of fused-ring (bicyclic) bond motifs is 3. The second-order valence-corrected chi connectivity index (χ2v) is 3.85. The van der Waals surface area contributed by atoms with E-state index >= 15 is 0 Å². The van der Waals surface area contributed by atoms with Crippen molar-refractivity contribution in [2.75, 3.05) is 0 Å². The van der Waals surface area contributed by atoms with Gasteiger partial charge in [0.15, 0.2) is 0 Å². The SMILES string of the molecule is [N-]=[N+]=Nc1cccc2c1ccc1ccccc12. The third kappa shape index (κ3) is 1.50. The highest BCUT2D eigenvalue weighted by molar-refractivity contribution is 6.10. The van der Waals surface area contributed by atoms with Gasteiger partial charge in [0.05, 0.1) is 0 Å². The van der Waals surface area contributed by atoms with Crippen molar-refractivity contribution in [3.8, 4) is 0 Å². The highest BCUT2D eigenvalue weighted by Crippen LogP contribution is 2.31. The van der Waals surface area contributed by atoms with Crippen molar-refractivity contribution in [3.05, 3.63) is 65.0 Å². The molecule has 0 N–H and O–H groups in total. The summed E-state index contributed by atoms with van der Waals surface area (Å²) < 4.78 is 0. The van der Waals surface area contributed by atoms with Crippen LogP contribution in [-0.4, -0.2) is 0 Å². The Kier molecular flexibility index (Phi) is 2.18. The summed E-state index contributed by atoms with van der Waals surface area (Å²) >= 11 is 0. The van der Waals surface area contributed by atoms with Crippen LogP contribution < -0.4 is 0 Å². The molecule has 0 saturated carbocycles. The van der Waals surface area contributed by atoms with Crippen LogP contribution in [0.1, 0.15) is 0 Å². The quantitative estimate of drug-likeness (QED) is 0.241. The summed E-state index contributed by atoms with van der Waals surface area (Å²) in [5.74, 6) is 0. The minimum atomic E-state index is 0.677. The molecule has 0 aliphatic carbocycles. The van der Waals surface area contributed by atoms with Gasteiger partial charge in [-0.25, -0.2) is 0 Å². The smallest absolute Gasteiger partial charge is 0.0453 e. The first-order valence-corrected chi connectivity index (χ1v) is 5.36. The molecule has 0 spiro atoms. The van der Waals surface area contributed by atoms with Gasteiger partial charge in [-0.05, 0) is 27.1 Å². The standard InChI is InChI=1S/C14H9N3/c15-17-16-14-7-3-6-12-11-5-2-1-4-10(11)8-9-13(12)14/h1-9H. The van der Waals surface area contributed by atoms with E-state index in [0.717, 1.165) is 10.8 Å². The number of hydrogen-bond acceptors (Lipinski definition) is 1. The molecule has 0 radical (unpaired) electrons. The number of nitrogens with zero attached hydrogens (tertiary/aromatic N) is 3. The maximum absolute atomic E-state index is 8.55. The number of rotatable bonds is 1. The van der Waals surface area contributed by atoms with Crippen LogP contribution in [0.3, 0.4) is 0 Å². The lowest BCUT2D eigenvalue weighted by molar-refractivity contribution is 1.52. The second-order valence-electron chi connectivity index (χ2n) is 3.85. The Hall–Kier alpha value is -2.51. The Morgan fingerprint density at radius 3 is 2.47 bits per heavy atom. The Morgan fingerprint density at radius 2 is 1.59 bits per heavy atom. The molecule has 3 aromatic carbocycles. The first-order chi connectivity index (χ1) is 8.40. The molecule has 3 rings (SSSR count). The van der Waals surface area contributed by atoms with Crippen LogP contribution in [0.2, 0.25) is 0 Å². The van der Waals surface area contributed by atoms with Crippen molar-refractivity contribution < 1.29 is 0 Å². The summed E-state index contributed by atoms with van der Waals surface area (Å²) in [6.45, 7) is 0. The average molecular weight is 219 g/mol. The van der Waals surface area contributed by atoms with E-state index in [2.05, 4.69) is 22.2 Å². The molecule has 0 aliphatic heterocycles. The van der Waals surface area contributed by atoms with Crippen molar-refractivity contribution in [3.63, 3.8) is 0 Å². The zero-order valence-corrected chi connectivity index (χ0v) is 9.04. The Labute approximate surface area is 97.9 Å². The summed E-state index contributed by atoms with van der Waals surface area (Å²) in [5, 5.41) is 8.20. The molecule has 0 aliphatic rings. The maximum atomic E-state index is 8.55. The van der Waals surface area contributed by atoms with Crippen molar-refractivity contribution in [2.45, 2.75) is 0 Å². The minimum absolute atomic E-state index is 0.677. The molecule has 0 aromatic heterocycles. The molecular weight excluding hydrogens is 210 g/mol. The molecule has 0 bridgehead atoms. The molecule has 17 heavy (non-hydrogen) atoms. The van der Waals surface area contributed by atoms with E-state index in [4.69, 9.17) is 5.53 Å². The van der Waals surface area contributed by atoms with Gasteiger partial charge < -0.3 is 0 Å². The summed E-state index contributed by atoms with van der Waals surface area (Å²) in [4.78, 5) is 2.86. The van der Waals surface area contributed by atoms with E-state index in [-0.39, 0.29) is 0 Å². The van der Waals surface area contributed by atoms with Crippen LogP contribution in [0, 0.1) is 0 Å². The predicted molar refractivity (Wildman–Crippen MR) is 70.3 cm³/mol. The first kappa shape index (κ1) is 9.70. The topological polar surface area (TPSA) is 48.8 Å². The fourth-order valence-electron chi connectivity index (χ4n) is 2.16. The third-order valence-electron chi connectivity index (χ3n) is 2.92. The lowest BCUT2D eigenvalue weighted by atomic mass is 10.0. The Balaban J connectivity index is 2.52. The van der Waals surface area contributed by atoms with Gasteiger partial charge in [-0.3, -0.25) is 0 Å². The van der Waals surface area contributed by atoms with Crippen LogP contribution in [0.25, 0.3) is 32.0 Å². The van der Waals surface area contributed by atoms with E-state index in [1.54, 1.807) is 0 Å². The summed E-state index contributed by atoms with van der Waals surface area (Å²) in [7, 11) is 0. The highest BCUT2D eigenvalue weighted by Gasteiger charge is 2.02. The molecule has 0 amide bonds. The third-order valence-corrected chi connectivity index (χ3v) is 2.92. The molecule has 3 heteroatoms. The molecule has 0 atom stereocenters. The van der Waals surface area contributed by atoms with Gasteiger partial charge in [0.1, 0.15) is 0 Å². The maximum Gasteiger partial charge on any atom is 0.0453 e. The predicted octanol–water partition coefficient (Wildman–Crippen LogP) is 4.93. The van der Waals surface area contributed by atoms with E-state index in [9.17, 15) is 0 Å². The molecule has 80 valence electrons. The molecule has 0 fully saturated rings. The minimum Gasteiger partial charge on any atom is -0.0616 e. The van der Waals surface area contributed by atoms with Crippen molar-refractivity contribution in [1.82, 2.24) is 0 Å². The molecule has 3 nitrogen and oxygen atoms in total. The number of benzene rings is 3. The summed E-state index contributed by atoms with van der Waals surface area (Å²) in [5.41, 5.74) is 9.23. The van der Waals surface area contributed by atoms with Gasteiger partial charge in [0.25, 0.3) is 0 Å².